The first-order chi connectivity index (χ1) is 14.2. The summed E-state index contributed by atoms with van der Waals surface area (Å²) in [6, 6.07) is 19.6. The molecule has 0 N–H and O–H groups in total. The normalized spacial score (nSPS) is 11.8. The lowest BCUT2D eigenvalue weighted by atomic mass is 10.0. The molecule has 2 aromatic carbocycles. The van der Waals surface area contributed by atoms with Crippen molar-refractivity contribution < 1.29 is 4.42 Å². The number of nitrogens with zero attached hydrogens (tertiary/aromatic N) is 2. The molecule has 5 aromatic rings. The smallest absolute Gasteiger partial charge is 0.345 e. The molecule has 0 aliphatic carbocycles. The zero-order chi connectivity index (χ0) is 19.8. The Labute approximate surface area is 173 Å². The average Bonchev–Trinajstić information content (AvgIpc) is 3.43. The minimum absolute atomic E-state index is 0.393. The Kier molecular flexibility index (Phi) is 4.32. The number of thiophene rings is 1. The SMILES string of the molecule is N#C/C(=C/c1cccs1)c1nc(-c2cc3c(ccc4ccccc43)oc2=O)cs1. The second-order valence-electron chi connectivity index (χ2n) is 6.37. The van der Waals surface area contributed by atoms with Crippen molar-refractivity contribution in [3.8, 4) is 17.3 Å². The van der Waals surface area contributed by atoms with Crippen LogP contribution in [0.15, 0.2) is 74.6 Å². The molecule has 0 radical (unpaired) electrons. The van der Waals surface area contributed by atoms with E-state index in [1.54, 1.807) is 16.7 Å². The highest BCUT2D eigenvalue weighted by molar-refractivity contribution is 7.12. The van der Waals surface area contributed by atoms with Crippen molar-refractivity contribution in [2.45, 2.75) is 0 Å². The van der Waals surface area contributed by atoms with Crippen molar-refractivity contribution in [3.05, 3.63) is 85.7 Å². The van der Waals surface area contributed by atoms with E-state index in [4.69, 9.17) is 4.42 Å². The molecule has 29 heavy (non-hydrogen) atoms. The van der Waals surface area contributed by atoms with Crippen LogP contribution in [0.5, 0.6) is 0 Å². The Morgan fingerprint density at radius 2 is 1.97 bits per heavy atom. The Bertz CT molecular complexity index is 1490. The fraction of sp³-hybridized carbons (Fsp3) is 0. The first-order valence-corrected chi connectivity index (χ1v) is 10.6. The second-order valence-corrected chi connectivity index (χ2v) is 8.21. The van der Waals surface area contributed by atoms with Gasteiger partial charge in [-0.25, -0.2) is 9.78 Å². The third-order valence-corrected chi connectivity index (χ3v) is 6.30. The highest BCUT2D eigenvalue weighted by atomic mass is 32.1. The van der Waals surface area contributed by atoms with E-state index in [-0.39, 0.29) is 0 Å². The zero-order valence-electron chi connectivity index (χ0n) is 15.0. The Balaban J connectivity index is 1.65. The van der Waals surface area contributed by atoms with Crippen molar-refractivity contribution in [2.75, 3.05) is 0 Å². The van der Waals surface area contributed by atoms with Crippen molar-refractivity contribution in [2.24, 2.45) is 0 Å². The van der Waals surface area contributed by atoms with E-state index in [0.717, 1.165) is 21.0 Å². The standard InChI is InChI=1S/C23H12N2O2S2/c24-12-15(10-16-5-3-9-28-16)22-25-20(13-29-22)19-11-18-17-6-2-1-4-14(17)7-8-21(18)27-23(19)26/h1-11,13H/b15-10-. The molecule has 0 fully saturated rings. The van der Waals surface area contributed by atoms with Crippen molar-refractivity contribution in [1.82, 2.24) is 4.98 Å². The van der Waals surface area contributed by atoms with Gasteiger partial charge < -0.3 is 4.42 Å². The molecule has 3 heterocycles. The molecule has 0 saturated carbocycles. The molecule has 0 saturated heterocycles. The number of hydrogen-bond acceptors (Lipinski definition) is 6. The van der Waals surface area contributed by atoms with Gasteiger partial charge in [-0.2, -0.15) is 5.26 Å². The minimum atomic E-state index is -0.439. The van der Waals surface area contributed by atoms with E-state index in [0.29, 0.717) is 27.4 Å². The first kappa shape index (κ1) is 17.6. The number of allylic oxidation sites excluding steroid dienone is 1. The highest BCUT2D eigenvalue weighted by Gasteiger charge is 2.15. The van der Waals surface area contributed by atoms with Gasteiger partial charge in [0.25, 0.3) is 0 Å². The predicted molar refractivity (Wildman–Crippen MR) is 119 cm³/mol. The van der Waals surface area contributed by atoms with Crippen molar-refractivity contribution in [1.29, 1.82) is 5.26 Å². The molecule has 0 unspecified atom stereocenters. The lowest BCUT2D eigenvalue weighted by Crippen LogP contribution is -2.03. The van der Waals surface area contributed by atoms with Crippen LogP contribution in [0.4, 0.5) is 0 Å². The molecule has 5 rings (SSSR count). The van der Waals surface area contributed by atoms with Gasteiger partial charge >= 0.3 is 5.63 Å². The number of nitriles is 1. The molecule has 0 amide bonds. The predicted octanol–water partition coefficient (Wildman–Crippen LogP) is 6.20. The first-order valence-electron chi connectivity index (χ1n) is 8.80. The van der Waals surface area contributed by atoms with E-state index >= 15 is 0 Å². The summed E-state index contributed by atoms with van der Waals surface area (Å²) in [5.41, 5.74) is 1.48. The molecule has 138 valence electrons. The summed E-state index contributed by atoms with van der Waals surface area (Å²) < 4.78 is 5.57. The topological polar surface area (TPSA) is 66.9 Å². The number of thiazole rings is 1. The maximum absolute atomic E-state index is 12.6. The Morgan fingerprint density at radius 3 is 2.79 bits per heavy atom. The van der Waals surface area contributed by atoms with Crippen LogP contribution in [-0.4, -0.2) is 4.98 Å². The van der Waals surface area contributed by atoms with Crippen molar-refractivity contribution in [3.63, 3.8) is 0 Å². The summed E-state index contributed by atoms with van der Waals surface area (Å²) in [5.74, 6) is 0. The van der Waals surface area contributed by atoms with Gasteiger partial charge in [0.15, 0.2) is 0 Å². The fourth-order valence-electron chi connectivity index (χ4n) is 3.23. The van der Waals surface area contributed by atoms with Gasteiger partial charge in [-0.05, 0) is 40.4 Å². The van der Waals surface area contributed by atoms with E-state index in [2.05, 4.69) is 11.1 Å². The molecule has 3 aromatic heterocycles. The van der Waals surface area contributed by atoms with E-state index in [1.165, 1.54) is 11.3 Å². The second kappa shape index (κ2) is 7.13. The fourth-order valence-corrected chi connectivity index (χ4v) is 4.67. The maximum atomic E-state index is 12.6. The van der Waals surface area contributed by atoms with Crippen LogP contribution in [0, 0.1) is 11.3 Å². The summed E-state index contributed by atoms with van der Waals surface area (Å²) in [6.45, 7) is 0. The lowest BCUT2D eigenvalue weighted by molar-refractivity contribution is 0.563. The van der Waals surface area contributed by atoms with Gasteiger partial charge in [0.05, 0.1) is 16.8 Å². The van der Waals surface area contributed by atoms with Gasteiger partial charge in [-0.1, -0.05) is 36.4 Å². The highest BCUT2D eigenvalue weighted by Crippen LogP contribution is 2.30. The monoisotopic (exact) mass is 412 g/mol. The summed E-state index contributed by atoms with van der Waals surface area (Å²) in [6.07, 6.45) is 1.81. The summed E-state index contributed by atoms with van der Waals surface area (Å²) in [7, 11) is 0. The van der Waals surface area contributed by atoms with E-state index in [1.807, 2.05) is 66.1 Å². The number of fused-ring (bicyclic) bond motifs is 3. The van der Waals surface area contributed by atoms with Gasteiger partial charge in [0.2, 0.25) is 0 Å². The third kappa shape index (κ3) is 3.17. The molecule has 4 nitrogen and oxygen atoms in total. The molecule has 6 heteroatoms. The number of rotatable bonds is 3. The van der Waals surface area contributed by atoms with Crippen molar-refractivity contribution >= 4 is 56.1 Å². The maximum Gasteiger partial charge on any atom is 0.345 e. The van der Waals surface area contributed by atoms with Crippen LogP contribution in [0.1, 0.15) is 9.88 Å². The average molecular weight is 412 g/mol. The molecule has 0 aliphatic heterocycles. The van der Waals surface area contributed by atoms with E-state index < -0.39 is 5.63 Å². The number of benzene rings is 2. The Morgan fingerprint density at radius 1 is 1.07 bits per heavy atom. The van der Waals surface area contributed by atoms with Gasteiger partial charge in [0.1, 0.15) is 16.7 Å². The van der Waals surface area contributed by atoms with Crippen LogP contribution in [0.25, 0.3) is 44.6 Å². The molecule has 0 atom stereocenters. The van der Waals surface area contributed by atoms with Gasteiger partial charge in [-0.3, -0.25) is 0 Å². The molecule has 0 spiro atoms. The minimum Gasteiger partial charge on any atom is -0.422 e. The molecular formula is C23H12N2O2S2. The largest absolute Gasteiger partial charge is 0.422 e. The van der Waals surface area contributed by atoms with Crippen LogP contribution in [-0.2, 0) is 0 Å². The van der Waals surface area contributed by atoms with Crippen LogP contribution < -0.4 is 5.63 Å². The molecule has 0 aliphatic rings. The summed E-state index contributed by atoms with van der Waals surface area (Å²) in [4.78, 5) is 18.1. The number of hydrogen-bond donors (Lipinski definition) is 0. The molecule has 0 bridgehead atoms. The van der Waals surface area contributed by atoms with E-state index in [9.17, 15) is 10.1 Å². The van der Waals surface area contributed by atoms with Gasteiger partial charge in [-0.15, -0.1) is 22.7 Å². The molecular weight excluding hydrogens is 400 g/mol. The van der Waals surface area contributed by atoms with Crippen LogP contribution in [0.2, 0.25) is 0 Å². The lowest BCUT2D eigenvalue weighted by Gasteiger charge is -2.04. The van der Waals surface area contributed by atoms with Gasteiger partial charge in [0, 0.05) is 15.6 Å². The Hall–Kier alpha value is -3.53. The summed E-state index contributed by atoms with van der Waals surface area (Å²) in [5, 5.41) is 16.8. The van der Waals surface area contributed by atoms with Crippen LogP contribution in [0.3, 0.4) is 0 Å². The number of aromatic nitrogens is 1. The quantitative estimate of drug-likeness (QED) is 0.201. The summed E-state index contributed by atoms with van der Waals surface area (Å²) >= 11 is 2.89. The zero-order valence-corrected chi connectivity index (χ0v) is 16.6. The third-order valence-electron chi connectivity index (χ3n) is 4.60. The van der Waals surface area contributed by atoms with Crippen LogP contribution >= 0.6 is 22.7 Å².